The number of fused-ring (bicyclic) bond motifs is 1. The molecule has 0 atom stereocenters. The minimum Gasteiger partial charge on any atom is -0.465 e. The lowest BCUT2D eigenvalue weighted by atomic mass is 10.3. The van der Waals surface area contributed by atoms with Gasteiger partial charge in [0, 0.05) is 32.7 Å². The fourth-order valence-corrected chi connectivity index (χ4v) is 2.98. The predicted octanol–water partition coefficient (Wildman–Crippen LogP) is -0.957. The molecule has 0 aromatic carbocycles. The van der Waals surface area contributed by atoms with Crippen molar-refractivity contribution in [2.24, 2.45) is 0 Å². The van der Waals surface area contributed by atoms with E-state index in [-0.39, 0.29) is 19.0 Å². The van der Waals surface area contributed by atoms with E-state index in [9.17, 15) is 9.59 Å². The number of aromatic nitrogens is 5. The Morgan fingerprint density at radius 1 is 1.19 bits per heavy atom. The maximum Gasteiger partial charge on any atom is 0.325 e. The lowest BCUT2D eigenvalue weighted by Gasteiger charge is -2.34. The minimum atomic E-state index is -0.427. The van der Waals surface area contributed by atoms with Crippen LogP contribution in [0.4, 0.5) is 5.82 Å². The third-order valence-electron chi connectivity index (χ3n) is 4.35. The summed E-state index contributed by atoms with van der Waals surface area (Å²) in [5.74, 6) is 0.154. The normalized spacial score (nSPS) is 15.1. The van der Waals surface area contributed by atoms with Crippen LogP contribution in [0.5, 0.6) is 0 Å². The average molecular weight is 376 g/mol. The van der Waals surface area contributed by atoms with Gasteiger partial charge in [-0.25, -0.2) is 14.6 Å². The summed E-state index contributed by atoms with van der Waals surface area (Å²) in [6, 6.07) is 0. The van der Waals surface area contributed by atoms with E-state index in [0.29, 0.717) is 31.8 Å². The number of amides is 1. The monoisotopic (exact) mass is 376 g/mol. The molecular formula is C16H24N8O3. The van der Waals surface area contributed by atoms with Crippen molar-refractivity contribution in [1.29, 1.82) is 0 Å². The highest BCUT2D eigenvalue weighted by atomic mass is 16.5. The molecule has 11 heteroatoms. The number of rotatable bonds is 7. The summed E-state index contributed by atoms with van der Waals surface area (Å²) in [6.45, 7) is 7.72. The highest BCUT2D eigenvalue weighted by molar-refractivity contribution is 5.83. The van der Waals surface area contributed by atoms with Crippen LogP contribution in [0.15, 0.2) is 6.33 Å². The summed E-state index contributed by atoms with van der Waals surface area (Å²) in [5.41, 5.74) is 1.42. The summed E-state index contributed by atoms with van der Waals surface area (Å²) in [6.07, 6.45) is 1.53. The SMILES string of the molecule is CCOC(=O)CNC(=O)CN1CCN(c2ncnc3c2nnn3CC)CC1. The number of carbonyl (C=O) groups excluding carboxylic acids is 2. The van der Waals surface area contributed by atoms with Crippen molar-refractivity contribution < 1.29 is 14.3 Å². The van der Waals surface area contributed by atoms with Gasteiger partial charge in [0.2, 0.25) is 5.91 Å². The largest absolute Gasteiger partial charge is 0.465 e. The lowest BCUT2D eigenvalue weighted by molar-refractivity contribution is -0.143. The standard InChI is InChI=1S/C16H24N8O3/c1-3-24-16-14(20-21-24)15(18-11-19-16)23-7-5-22(6-8-23)10-12(25)17-9-13(26)27-4-2/h11H,3-10H2,1-2H3,(H,17,25). The predicted molar refractivity (Wildman–Crippen MR) is 97.1 cm³/mol. The lowest BCUT2D eigenvalue weighted by Crippen LogP contribution is -2.50. The van der Waals surface area contributed by atoms with E-state index >= 15 is 0 Å². The number of hydrogen-bond acceptors (Lipinski definition) is 9. The van der Waals surface area contributed by atoms with E-state index in [1.54, 1.807) is 11.6 Å². The van der Waals surface area contributed by atoms with E-state index in [1.807, 2.05) is 11.8 Å². The van der Waals surface area contributed by atoms with Gasteiger partial charge in [-0.3, -0.25) is 14.5 Å². The van der Waals surface area contributed by atoms with Gasteiger partial charge in [0.1, 0.15) is 12.9 Å². The number of piperazine rings is 1. The Kier molecular flexibility index (Phi) is 6.12. The Labute approximate surface area is 156 Å². The molecule has 3 rings (SSSR count). The first-order valence-electron chi connectivity index (χ1n) is 9.06. The zero-order chi connectivity index (χ0) is 19.2. The second-order valence-electron chi connectivity index (χ2n) is 6.12. The van der Waals surface area contributed by atoms with Crippen LogP contribution in [-0.4, -0.2) is 87.6 Å². The average Bonchev–Trinajstić information content (AvgIpc) is 3.10. The first-order valence-corrected chi connectivity index (χ1v) is 9.06. The Bertz CT molecular complexity index is 800. The van der Waals surface area contributed by atoms with E-state index < -0.39 is 5.97 Å². The zero-order valence-electron chi connectivity index (χ0n) is 15.6. The summed E-state index contributed by atoms with van der Waals surface area (Å²) >= 11 is 0. The van der Waals surface area contributed by atoms with Crippen LogP contribution in [-0.2, 0) is 20.9 Å². The van der Waals surface area contributed by atoms with Gasteiger partial charge < -0.3 is 15.0 Å². The molecule has 0 unspecified atom stereocenters. The molecule has 2 aromatic rings. The Balaban J connectivity index is 1.53. The molecule has 27 heavy (non-hydrogen) atoms. The van der Waals surface area contributed by atoms with Gasteiger partial charge in [0.25, 0.3) is 0 Å². The van der Waals surface area contributed by atoms with Crippen molar-refractivity contribution in [3.8, 4) is 0 Å². The van der Waals surface area contributed by atoms with Gasteiger partial charge in [0.15, 0.2) is 17.0 Å². The van der Waals surface area contributed by atoms with E-state index in [1.165, 1.54) is 6.33 Å². The Hall–Kier alpha value is -2.82. The van der Waals surface area contributed by atoms with Crippen LogP contribution in [0.25, 0.3) is 11.2 Å². The fraction of sp³-hybridized carbons (Fsp3) is 0.625. The van der Waals surface area contributed by atoms with Crippen LogP contribution in [0.2, 0.25) is 0 Å². The number of nitrogens with one attached hydrogen (secondary N) is 1. The van der Waals surface area contributed by atoms with Crippen LogP contribution in [0.3, 0.4) is 0 Å². The smallest absolute Gasteiger partial charge is 0.325 e. The van der Waals surface area contributed by atoms with Crippen molar-refractivity contribution in [3.63, 3.8) is 0 Å². The molecule has 1 saturated heterocycles. The molecule has 0 aliphatic carbocycles. The maximum atomic E-state index is 12.0. The zero-order valence-corrected chi connectivity index (χ0v) is 15.6. The molecule has 2 aromatic heterocycles. The van der Waals surface area contributed by atoms with Gasteiger partial charge in [-0.05, 0) is 13.8 Å². The first-order chi connectivity index (χ1) is 13.1. The van der Waals surface area contributed by atoms with Crippen molar-refractivity contribution in [2.75, 3.05) is 50.8 Å². The van der Waals surface area contributed by atoms with Gasteiger partial charge in [-0.15, -0.1) is 5.10 Å². The minimum absolute atomic E-state index is 0.0986. The molecule has 1 aliphatic rings. The molecule has 1 aliphatic heterocycles. The fourth-order valence-electron chi connectivity index (χ4n) is 2.98. The van der Waals surface area contributed by atoms with E-state index in [2.05, 4.69) is 30.5 Å². The molecule has 11 nitrogen and oxygen atoms in total. The second kappa shape index (κ2) is 8.71. The van der Waals surface area contributed by atoms with Gasteiger partial charge >= 0.3 is 5.97 Å². The van der Waals surface area contributed by atoms with Crippen molar-refractivity contribution in [1.82, 2.24) is 35.2 Å². The number of carbonyl (C=O) groups is 2. The number of aryl methyl sites for hydroxylation is 1. The van der Waals surface area contributed by atoms with Gasteiger partial charge in [-0.1, -0.05) is 5.21 Å². The highest BCUT2D eigenvalue weighted by Gasteiger charge is 2.23. The molecule has 1 amide bonds. The van der Waals surface area contributed by atoms with Gasteiger partial charge in [-0.2, -0.15) is 0 Å². The number of hydrogen-bond donors (Lipinski definition) is 1. The van der Waals surface area contributed by atoms with Gasteiger partial charge in [0.05, 0.1) is 13.2 Å². The molecule has 1 fully saturated rings. The van der Waals surface area contributed by atoms with Crippen LogP contribution in [0.1, 0.15) is 13.8 Å². The van der Waals surface area contributed by atoms with Crippen LogP contribution in [0, 0.1) is 0 Å². The number of anilines is 1. The third-order valence-corrected chi connectivity index (χ3v) is 4.35. The summed E-state index contributed by atoms with van der Waals surface area (Å²) < 4.78 is 6.53. The number of ether oxygens (including phenoxy) is 1. The van der Waals surface area contributed by atoms with Crippen LogP contribution < -0.4 is 10.2 Å². The maximum absolute atomic E-state index is 12.0. The Morgan fingerprint density at radius 2 is 1.96 bits per heavy atom. The molecule has 3 heterocycles. The number of nitrogens with zero attached hydrogens (tertiary/aromatic N) is 7. The molecular weight excluding hydrogens is 352 g/mol. The molecule has 146 valence electrons. The van der Waals surface area contributed by atoms with Crippen LogP contribution >= 0.6 is 0 Å². The second-order valence-corrected chi connectivity index (χ2v) is 6.12. The highest BCUT2D eigenvalue weighted by Crippen LogP contribution is 2.21. The van der Waals surface area contributed by atoms with Crippen molar-refractivity contribution in [2.45, 2.75) is 20.4 Å². The topological polar surface area (TPSA) is 118 Å². The molecule has 1 N–H and O–H groups in total. The quantitative estimate of drug-likeness (QED) is 0.610. The van der Waals surface area contributed by atoms with Crippen molar-refractivity contribution >= 4 is 28.9 Å². The third kappa shape index (κ3) is 4.48. The van der Waals surface area contributed by atoms with E-state index in [4.69, 9.17) is 4.74 Å². The molecule has 0 bridgehead atoms. The number of esters is 1. The molecule has 0 saturated carbocycles. The first kappa shape index (κ1) is 19.0. The molecule has 0 radical (unpaired) electrons. The summed E-state index contributed by atoms with van der Waals surface area (Å²) in [7, 11) is 0. The Morgan fingerprint density at radius 3 is 2.67 bits per heavy atom. The van der Waals surface area contributed by atoms with Crippen molar-refractivity contribution in [3.05, 3.63) is 6.33 Å². The summed E-state index contributed by atoms with van der Waals surface area (Å²) in [5, 5.41) is 10.9. The molecule has 0 spiro atoms. The summed E-state index contributed by atoms with van der Waals surface area (Å²) in [4.78, 5) is 36.1. The van der Waals surface area contributed by atoms with E-state index in [0.717, 1.165) is 24.6 Å².